The van der Waals surface area contributed by atoms with Gasteiger partial charge in [0.2, 0.25) is 5.91 Å². The number of nitrogens with zero attached hydrogens (tertiary/aromatic N) is 1. The zero-order valence-corrected chi connectivity index (χ0v) is 12.8. The molecule has 5 heteroatoms. The number of carbonyl (C=O) groups excluding carboxylic acids is 1. The van der Waals surface area contributed by atoms with Crippen molar-refractivity contribution in [2.75, 3.05) is 18.8 Å². The van der Waals surface area contributed by atoms with Gasteiger partial charge >= 0.3 is 0 Å². The predicted octanol–water partition coefficient (Wildman–Crippen LogP) is 3.13. The van der Waals surface area contributed by atoms with Crippen LogP contribution in [-0.4, -0.2) is 29.1 Å². The molecule has 0 aromatic heterocycles. The predicted molar refractivity (Wildman–Crippen MR) is 79.7 cm³/mol. The molecule has 98 valence electrons. The lowest BCUT2D eigenvalue weighted by molar-refractivity contribution is -0.129. The second kappa shape index (κ2) is 5.97. The van der Waals surface area contributed by atoms with Crippen LogP contribution in [0.25, 0.3) is 0 Å². The van der Waals surface area contributed by atoms with Crippen LogP contribution >= 0.6 is 27.7 Å². The molecule has 1 fully saturated rings. The molecular weight excluding hydrogens is 312 g/mol. The number of anilines is 1. The average Bonchev–Trinajstić information content (AvgIpc) is 2.86. The minimum Gasteiger partial charge on any atom is -0.398 e. The number of nitrogen functional groups attached to an aromatic ring is 1. The van der Waals surface area contributed by atoms with Crippen LogP contribution < -0.4 is 5.73 Å². The second-order valence-electron chi connectivity index (χ2n) is 4.47. The van der Waals surface area contributed by atoms with Gasteiger partial charge in [-0.15, -0.1) is 11.8 Å². The molecule has 1 atom stereocenters. The Kier molecular flexibility index (Phi) is 4.56. The molecule has 1 unspecified atom stereocenters. The van der Waals surface area contributed by atoms with Gasteiger partial charge in [-0.25, -0.2) is 0 Å². The van der Waals surface area contributed by atoms with E-state index < -0.39 is 0 Å². The van der Waals surface area contributed by atoms with E-state index in [2.05, 4.69) is 15.9 Å². The zero-order chi connectivity index (χ0) is 13.1. The van der Waals surface area contributed by atoms with E-state index in [1.54, 1.807) is 0 Å². The van der Waals surface area contributed by atoms with Gasteiger partial charge in [0, 0.05) is 28.1 Å². The monoisotopic (exact) mass is 328 g/mol. The van der Waals surface area contributed by atoms with Crippen molar-refractivity contribution in [3.8, 4) is 0 Å². The average molecular weight is 329 g/mol. The van der Waals surface area contributed by atoms with E-state index in [0.717, 1.165) is 41.0 Å². The van der Waals surface area contributed by atoms with E-state index >= 15 is 0 Å². The number of carbonyl (C=O) groups is 1. The lowest BCUT2D eigenvalue weighted by Crippen LogP contribution is -2.34. The molecule has 2 rings (SSSR count). The van der Waals surface area contributed by atoms with Gasteiger partial charge in [-0.05, 0) is 38.0 Å². The third-order valence-electron chi connectivity index (χ3n) is 3.04. The maximum atomic E-state index is 12.2. The lowest BCUT2D eigenvalue weighted by atomic mass is 10.3. The molecule has 0 radical (unpaired) electrons. The molecule has 1 amide bonds. The molecule has 1 aromatic carbocycles. The number of likely N-dealkylation sites (tertiary alicyclic amines) is 1. The first kappa shape index (κ1) is 13.7. The number of amides is 1. The summed E-state index contributed by atoms with van der Waals surface area (Å²) in [4.78, 5) is 15.1. The smallest absolute Gasteiger partial charge is 0.235 e. The van der Waals surface area contributed by atoms with Crippen LogP contribution in [0, 0.1) is 0 Å². The van der Waals surface area contributed by atoms with E-state index in [1.807, 2.05) is 30.0 Å². The Morgan fingerprint density at radius 2 is 2.11 bits per heavy atom. The van der Waals surface area contributed by atoms with Gasteiger partial charge in [-0.3, -0.25) is 4.79 Å². The normalized spacial score (nSPS) is 16.9. The first-order valence-electron chi connectivity index (χ1n) is 6.08. The molecule has 0 bridgehead atoms. The molecule has 3 nitrogen and oxygen atoms in total. The molecule has 18 heavy (non-hydrogen) atoms. The Balaban J connectivity index is 2.03. The van der Waals surface area contributed by atoms with Gasteiger partial charge in [0.05, 0.1) is 5.25 Å². The summed E-state index contributed by atoms with van der Waals surface area (Å²) in [5.74, 6) is 0.219. The molecule has 1 aliphatic rings. The summed E-state index contributed by atoms with van der Waals surface area (Å²) < 4.78 is 0.986. The lowest BCUT2D eigenvalue weighted by Gasteiger charge is -2.20. The fourth-order valence-electron chi connectivity index (χ4n) is 2.05. The topological polar surface area (TPSA) is 46.3 Å². The number of hydrogen-bond donors (Lipinski definition) is 1. The number of halogens is 1. The van der Waals surface area contributed by atoms with Gasteiger partial charge in [-0.2, -0.15) is 0 Å². The molecular formula is C13H17BrN2OS. The van der Waals surface area contributed by atoms with Crippen molar-refractivity contribution in [3.05, 3.63) is 22.7 Å². The molecule has 1 aliphatic heterocycles. The molecule has 1 aromatic rings. The van der Waals surface area contributed by atoms with Crippen LogP contribution in [0.4, 0.5) is 5.69 Å². The van der Waals surface area contributed by atoms with Gasteiger partial charge in [0.15, 0.2) is 0 Å². The quantitative estimate of drug-likeness (QED) is 0.684. The highest BCUT2D eigenvalue weighted by atomic mass is 79.9. The van der Waals surface area contributed by atoms with Crippen molar-refractivity contribution in [3.63, 3.8) is 0 Å². The van der Waals surface area contributed by atoms with Crippen molar-refractivity contribution in [1.29, 1.82) is 0 Å². The second-order valence-corrected chi connectivity index (χ2v) is 6.77. The van der Waals surface area contributed by atoms with Gasteiger partial charge in [-0.1, -0.05) is 15.9 Å². The van der Waals surface area contributed by atoms with Crippen LogP contribution in [0.3, 0.4) is 0 Å². The van der Waals surface area contributed by atoms with Crippen molar-refractivity contribution < 1.29 is 4.79 Å². The van der Waals surface area contributed by atoms with Crippen molar-refractivity contribution >= 4 is 39.3 Å². The zero-order valence-electron chi connectivity index (χ0n) is 10.4. The van der Waals surface area contributed by atoms with Crippen LogP contribution in [0.15, 0.2) is 27.6 Å². The number of benzene rings is 1. The highest BCUT2D eigenvalue weighted by molar-refractivity contribution is 9.10. The maximum Gasteiger partial charge on any atom is 0.235 e. The van der Waals surface area contributed by atoms with Crippen molar-refractivity contribution in [2.24, 2.45) is 0 Å². The number of thioether (sulfide) groups is 1. The first-order valence-corrected chi connectivity index (χ1v) is 7.75. The Bertz CT molecular complexity index is 447. The Labute approximate surface area is 120 Å². The summed E-state index contributed by atoms with van der Waals surface area (Å²) in [6, 6.07) is 5.74. The Morgan fingerprint density at radius 3 is 2.78 bits per heavy atom. The largest absolute Gasteiger partial charge is 0.398 e. The molecule has 0 aliphatic carbocycles. The van der Waals surface area contributed by atoms with E-state index in [9.17, 15) is 4.79 Å². The summed E-state index contributed by atoms with van der Waals surface area (Å²) in [6.07, 6.45) is 2.25. The number of rotatable bonds is 3. The molecule has 0 saturated carbocycles. The third kappa shape index (κ3) is 3.20. The minimum atomic E-state index is -0.0836. The third-order valence-corrected chi connectivity index (χ3v) is 4.70. The summed E-state index contributed by atoms with van der Waals surface area (Å²) in [5, 5.41) is -0.0836. The first-order chi connectivity index (χ1) is 8.58. The van der Waals surface area contributed by atoms with Crippen LogP contribution in [0.1, 0.15) is 19.8 Å². The Morgan fingerprint density at radius 1 is 1.44 bits per heavy atom. The van der Waals surface area contributed by atoms with Crippen LogP contribution in [0.5, 0.6) is 0 Å². The number of nitrogens with two attached hydrogens (primary N) is 1. The maximum absolute atomic E-state index is 12.2. The van der Waals surface area contributed by atoms with Crippen molar-refractivity contribution in [1.82, 2.24) is 4.90 Å². The highest BCUT2D eigenvalue weighted by Gasteiger charge is 2.24. The van der Waals surface area contributed by atoms with E-state index in [0.29, 0.717) is 0 Å². The Hall–Kier alpha value is -0.680. The highest BCUT2D eigenvalue weighted by Crippen LogP contribution is 2.32. The number of hydrogen-bond acceptors (Lipinski definition) is 3. The van der Waals surface area contributed by atoms with E-state index in [4.69, 9.17) is 5.73 Å². The van der Waals surface area contributed by atoms with E-state index in [1.165, 1.54) is 11.8 Å². The molecule has 2 N–H and O–H groups in total. The van der Waals surface area contributed by atoms with Gasteiger partial charge in [0.25, 0.3) is 0 Å². The SMILES string of the molecule is CC(Sc1cc(Br)ccc1N)C(=O)N1CCCC1. The summed E-state index contributed by atoms with van der Waals surface area (Å²) in [5.41, 5.74) is 6.65. The minimum absolute atomic E-state index is 0.0836. The van der Waals surface area contributed by atoms with Crippen molar-refractivity contribution in [2.45, 2.75) is 29.9 Å². The van der Waals surface area contributed by atoms with E-state index in [-0.39, 0.29) is 11.2 Å². The standard InChI is InChI=1S/C13H17BrN2OS/c1-9(13(17)16-6-2-3-7-16)18-12-8-10(14)4-5-11(12)15/h4-5,8-9H,2-3,6-7,15H2,1H3. The fraction of sp³-hybridized carbons (Fsp3) is 0.462. The summed E-state index contributed by atoms with van der Waals surface area (Å²) >= 11 is 4.96. The van der Waals surface area contributed by atoms with Crippen LogP contribution in [-0.2, 0) is 4.79 Å². The molecule has 1 saturated heterocycles. The van der Waals surface area contributed by atoms with Gasteiger partial charge in [0.1, 0.15) is 0 Å². The van der Waals surface area contributed by atoms with Gasteiger partial charge < -0.3 is 10.6 Å². The molecule has 0 spiro atoms. The summed E-state index contributed by atoms with van der Waals surface area (Å²) in [6.45, 7) is 3.75. The fourth-order valence-corrected chi connectivity index (χ4v) is 3.59. The van der Waals surface area contributed by atoms with Crippen LogP contribution in [0.2, 0.25) is 0 Å². The molecule has 1 heterocycles. The summed E-state index contributed by atoms with van der Waals surface area (Å²) in [7, 11) is 0.